The minimum Gasteiger partial charge on any atom is -0.497 e. The van der Waals surface area contributed by atoms with Gasteiger partial charge < -0.3 is 14.8 Å². The van der Waals surface area contributed by atoms with E-state index in [0.717, 1.165) is 0 Å². The number of rotatable bonds is 5. The van der Waals surface area contributed by atoms with Gasteiger partial charge in [0.15, 0.2) is 0 Å². The normalized spacial score (nSPS) is 10.6. The summed E-state index contributed by atoms with van der Waals surface area (Å²) in [6, 6.07) is 13.5. The molecule has 7 heteroatoms. The molecule has 0 aliphatic carbocycles. The number of halogens is 1. The lowest BCUT2D eigenvalue weighted by molar-refractivity contribution is -0.131. The number of ether oxygens (including phenoxy) is 2. The molecule has 1 amide bonds. The molecule has 2 rings (SSSR count). The number of hydrogen-bond acceptors (Lipinski definition) is 5. The van der Waals surface area contributed by atoms with Gasteiger partial charge in [-0.3, -0.25) is 9.59 Å². The predicted octanol–water partition coefficient (Wildman–Crippen LogP) is 3.93. The quantitative estimate of drug-likeness (QED) is 0.346. The number of amides is 1. The maximum atomic E-state index is 12.3. The predicted molar refractivity (Wildman–Crippen MR) is 101 cm³/mol. The van der Waals surface area contributed by atoms with Crippen molar-refractivity contribution in [1.29, 1.82) is 5.26 Å². The van der Waals surface area contributed by atoms with Crippen molar-refractivity contribution < 1.29 is 19.1 Å². The second kappa shape index (κ2) is 8.83. The molecule has 0 aromatic heterocycles. The van der Waals surface area contributed by atoms with E-state index in [9.17, 15) is 14.9 Å². The topological polar surface area (TPSA) is 88.4 Å². The van der Waals surface area contributed by atoms with E-state index >= 15 is 0 Å². The lowest BCUT2D eigenvalue weighted by Gasteiger charge is -2.07. The van der Waals surface area contributed by atoms with Crippen molar-refractivity contribution in [3.8, 4) is 17.6 Å². The van der Waals surface area contributed by atoms with Crippen molar-refractivity contribution in [2.75, 3.05) is 12.4 Å². The monoisotopic (exact) mass is 414 g/mol. The van der Waals surface area contributed by atoms with Gasteiger partial charge in [-0.05, 0) is 64.0 Å². The summed E-state index contributed by atoms with van der Waals surface area (Å²) in [5.74, 6) is 0.0519. The number of carbonyl (C=O) groups is 2. The fourth-order valence-electron chi connectivity index (χ4n) is 2.03. The fourth-order valence-corrected chi connectivity index (χ4v) is 2.51. The average molecular weight is 415 g/mol. The van der Waals surface area contributed by atoms with Crippen LogP contribution in [0.5, 0.6) is 11.5 Å². The number of nitrogens with one attached hydrogen (secondary N) is 1. The minimum atomic E-state index is -0.530. The molecule has 0 fully saturated rings. The summed E-state index contributed by atoms with van der Waals surface area (Å²) < 4.78 is 10.6. The first-order valence-electron chi connectivity index (χ1n) is 7.48. The standard InChI is InChI=1S/C19H15BrN2O4/c1-12(23)26-18-8-3-13(10-17(18)20)9-14(11-21)19(24)22-15-4-6-16(25-2)7-5-15/h3-10H,1-2H3,(H,22,24)/b14-9+. The smallest absolute Gasteiger partial charge is 0.308 e. The van der Waals surface area contributed by atoms with Crippen LogP contribution in [0.3, 0.4) is 0 Å². The Morgan fingerprint density at radius 1 is 1.19 bits per heavy atom. The van der Waals surface area contributed by atoms with E-state index in [2.05, 4.69) is 21.2 Å². The number of hydrogen-bond donors (Lipinski definition) is 1. The highest BCUT2D eigenvalue weighted by atomic mass is 79.9. The van der Waals surface area contributed by atoms with Gasteiger partial charge in [0.1, 0.15) is 23.1 Å². The number of methoxy groups -OCH3 is 1. The van der Waals surface area contributed by atoms with Crippen molar-refractivity contribution in [1.82, 2.24) is 0 Å². The van der Waals surface area contributed by atoms with Crippen LogP contribution >= 0.6 is 15.9 Å². The van der Waals surface area contributed by atoms with Crippen molar-refractivity contribution in [2.45, 2.75) is 6.92 Å². The molecule has 6 nitrogen and oxygen atoms in total. The van der Waals surface area contributed by atoms with E-state index in [4.69, 9.17) is 9.47 Å². The summed E-state index contributed by atoms with van der Waals surface area (Å²) >= 11 is 3.29. The summed E-state index contributed by atoms with van der Waals surface area (Å²) in [7, 11) is 1.55. The molecule has 132 valence electrons. The van der Waals surface area contributed by atoms with E-state index < -0.39 is 11.9 Å². The molecule has 0 unspecified atom stereocenters. The number of nitriles is 1. The van der Waals surface area contributed by atoms with E-state index in [-0.39, 0.29) is 5.57 Å². The number of esters is 1. The van der Waals surface area contributed by atoms with E-state index in [1.807, 2.05) is 6.07 Å². The van der Waals surface area contributed by atoms with Crippen molar-refractivity contribution in [2.24, 2.45) is 0 Å². The van der Waals surface area contributed by atoms with Gasteiger partial charge in [-0.1, -0.05) is 6.07 Å². The molecular weight excluding hydrogens is 400 g/mol. The highest BCUT2D eigenvalue weighted by molar-refractivity contribution is 9.10. The number of carbonyl (C=O) groups excluding carboxylic acids is 2. The molecular formula is C19H15BrN2O4. The maximum absolute atomic E-state index is 12.3. The van der Waals surface area contributed by atoms with Crippen LogP contribution in [-0.4, -0.2) is 19.0 Å². The Balaban J connectivity index is 2.18. The molecule has 2 aromatic rings. The number of nitrogens with zero attached hydrogens (tertiary/aromatic N) is 1. The molecule has 0 spiro atoms. The Kier molecular flexibility index (Phi) is 6.53. The first-order chi connectivity index (χ1) is 12.4. The fraction of sp³-hybridized carbons (Fsp3) is 0.105. The highest BCUT2D eigenvalue weighted by Gasteiger charge is 2.11. The van der Waals surface area contributed by atoms with Crippen molar-refractivity contribution in [3.63, 3.8) is 0 Å². The van der Waals surface area contributed by atoms with Crippen LogP contribution in [0.4, 0.5) is 5.69 Å². The van der Waals surface area contributed by atoms with Gasteiger partial charge >= 0.3 is 5.97 Å². The molecule has 0 aliphatic heterocycles. The third kappa shape index (κ3) is 5.19. The Hall–Kier alpha value is -3.11. The van der Waals surface area contributed by atoms with E-state index in [1.54, 1.807) is 49.6 Å². The molecule has 0 aliphatic rings. The van der Waals surface area contributed by atoms with Crippen LogP contribution in [0.1, 0.15) is 12.5 Å². The van der Waals surface area contributed by atoms with Gasteiger partial charge in [0, 0.05) is 12.6 Å². The van der Waals surface area contributed by atoms with E-state index in [0.29, 0.717) is 27.2 Å². The molecule has 0 bridgehead atoms. The van der Waals surface area contributed by atoms with Gasteiger partial charge in [0.2, 0.25) is 0 Å². The van der Waals surface area contributed by atoms with Gasteiger partial charge in [0.25, 0.3) is 5.91 Å². The van der Waals surface area contributed by atoms with Crippen molar-refractivity contribution >= 4 is 39.6 Å². The summed E-state index contributed by atoms with van der Waals surface area (Å²) in [4.78, 5) is 23.3. The summed E-state index contributed by atoms with van der Waals surface area (Å²) in [6.07, 6.45) is 1.45. The lowest BCUT2D eigenvalue weighted by Crippen LogP contribution is -2.13. The molecule has 0 saturated carbocycles. The zero-order valence-electron chi connectivity index (χ0n) is 14.1. The summed E-state index contributed by atoms with van der Waals surface area (Å²) in [6.45, 7) is 1.30. The Bertz CT molecular complexity index is 899. The number of benzene rings is 2. The zero-order valence-corrected chi connectivity index (χ0v) is 15.7. The van der Waals surface area contributed by atoms with Crippen LogP contribution in [-0.2, 0) is 9.59 Å². The molecule has 0 saturated heterocycles. The van der Waals surface area contributed by atoms with Crippen LogP contribution < -0.4 is 14.8 Å². The Labute approximate surface area is 159 Å². The lowest BCUT2D eigenvalue weighted by atomic mass is 10.1. The van der Waals surface area contributed by atoms with E-state index in [1.165, 1.54) is 13.0 Å². The van der Waals surface area contributed by atoms with Crippen molar-refractivity contribution in [3.05, 3.63) is 58.1 Å². The van der Waals surface area contributed by atoms with Crippen LogP contribution in [0.15, 0.2) is 52.5 Å². The Morgan fingerprint density at radius 3 is 2.42 bits per heavy atom. The summed E-state index contributed by atoms with van der Waals surface area (Å²) in [5, 5.41) is 11.9. The third-order valence-corrected chi connectivity index (χ3v) is 3.85. The molecule has 0 atom stereocenters. The average Bonchev–Trinajstić information content (AvgIpc) is 2.62. The first-order valence-corrected chi connectivity index (χ1v) is 8.27. The molecule has 26 heavy (non-hydrogen) atoms. The second-order valence-electron chi connectivity index (χ2n) is 5.14. The van der Waals surface area contributed by atoms with Crippen LogP contribution in [0, 0.1) is 11.3 Å². The van der Waals surface area contributed by atoms with Crippen LogP contribution in [0.2, 0.25) is 0 Å². The van der Waals surface area contributed by atoms with Crippen LogP contribution in [0.25, 0.3) is 6.08 Å². The van der Waals surface area contributed by atoms with Gasteiger partial charge in [-0.25, -0.2) is 0 Å². The highest BCUT2D eigenvalue weighted by Crippen LogP contribution is 2.27. The molecule has 2 aromatic carbocycles. The zero-order chi connectivity index (χ0) is 19.1. The Morgan fingerprint density at radius 2 is 1.88 bits per heavy atom. The van der Waals surface area contributed by atoms with Gasteiger partial charge in [-0.2, -0.15) is 5.26 Å². The third-order valence-electron chi connectivity index (χ3n) is 3.23. The first kappa shape index (κ1) is 19.2. The maximum Gasteiger partial charge on any atom is 0.308 e. The second-order valence-corrected chi connectivity index (χ2v) is 5.99. The largest absolute Gasteiger partial charge is 0.497 e. The SMILES string of the molecule is COc1ccc(NC(=O)/C(C#N)=C/c2ccc(OC(C)=O)c(Br)c2)cc1. The molecule has 0 heterocycles. The molecule has 1 N–H and O–H groups in total. The summed E-state index contributed by atoms with van der Waals surface area (Å²) in [5.41, 5.74) is 1.09. The number of anilines is 1. The minimum absolute atomic E-state index is 0.0621. The van der Waals surface area contributed by atoms with Gasteiger partial charge in [0.05, 0.1) is 11.6 Å². The molecule has 0 radical (unpaired) electrons. The van der Waals surface area contributed by atoms with Gasteiger partial charge in [-0.15, -0.1) is 0 Å².